The zero-order valence-electron chi connectivity index (χ0n) is 12.1. The number of nitrogens with zero attached hydrogens (tertiary/aromatic N) is 3. The first kappa shape index (κ1) is 14.7. The number of fused-ring (bicyclic) bond motifs is 2. The van der Waals surface area contributed by atoms with Crippen LogP contribution in [0.2, 0.25) is 0 Å². The van der Waals surface area contributed by atoms with Gasteiger partial charge in [-0.3, -0.25) is 4.79 Å². The molecule has 0 unspecified atom stereocenters. The zero-order chi connectivity index (χ0) is 16.7. The van der Waals surface area contributed by atoms with E-state index in [-0.39, 0.29) is 17.9 Å². The molecule has 0 atom stereocenters. The van der Waals surface area contributed by atoms with Crippen molar-refractivity contribution in [2.24, 2.45) is 0 Å². The van der Waals surface area contributed by atoms with Crippen LogP contribution < -0.4 is 10.3 Å². The Labute approximate surface area is 137 Å². The fourth-order valence-corrected chi connectivity index (χ4v) is 3.09. The van der Waals surface area contributed by atoms with Gasteiger partial charge < -0.3 is 4.74 Å². The topological polar surface area (TPSA) is 56.5 Å². The molecule has 5 nitrogen and oxygen atoms in total. The molecule has 2 heterocycles. The zero-order valence-corrected chi connectivity index (χ0v) is 12.9. The lowest BCUT2D eigenvalue weighted by molar-refractivity contribution is 0.287. The fourth-order valence-electron chi connectivity index (χ4n) is 2.28. The largest absolute Gasteiger partial charge is 0.483 e. The van der Waals surface area contributed by atoms with Crippen LogP contribution in [0.5, 0.6) is 5.75 Å². The van der Waals surface area contributed by atoms with Gasteiger partial charge in [0.1, 0.15) is 12.4 Å². The number of ether oxygens (including phenoxy) is 1. The predicted octanol–water partition coefficient (Wildman–Crippen LogP) is 3.16. The molecular formula is C16H9F2N3O2S. The maximum absolute atomic E-state index is 13.6. The van der Waals surface area contributed by atoms with Crippen LogP contribution in [0, 0.1) is 11.6 Å². The average molecular weight is 345 g/mol. The molecule has 0 amide bonds. The Morgan fingerprint density at radius 3 is 2.83 bits per heavy atom. The van der Waals surface area contributed by atoms with Gasteiger partial charge in [-0.15, -0.1) is 0 Å². The number of benzene rings is 2. The van der Waals surface area contributed by atoms with Crippen LogP contribution in [0.3, 0.4) is 0 Å². The lowest BCUT2D eigenvalue weighted by Gasteiger charge is -2.04. The van der Waals surface area contributed by atoms with E-state index in [1.807, 2.05) is 0 Å². The Morgan fingerprint density at radius 2 is 2.00 bits per heavy atom. The normalized spacial score (nSPS) is 11.2. The van der Waals surface area contributed by atoms with E-state index in [1.54, 1.807) is 24.3 Å². The van der Waals surface area contributed by atoms with Gasteiger partial charge in [0, 0.05) is 6.07 Å². The van der Waals surface area contributed by atoms with Crippen LogP contribution in [-0.4, -0.2) is 14.6 Å². The molecule has 0 aliphatic carbocycles. The minimum atomic E-state index is -0.794. The Morgan fingerprint density at radius 1 is 1.17 bits per heavy atom. The number of rotatable bonds is 3. The van der Waals surface area contributed by atoms with Gasteiger partial charge in [0.05, 0.1) is 10.9 Å². The van der Waals surface area contributed by atoms with Crippen molar-refractivity contribution in [1.82, 2.24) is 14.6 Å². The first-order valence-corrected chi connectivity index (χ1v) is 7.79. The Hall–Kier alpha value is -2.87. The van der Waals surface area contributed by atoms with E-state index in [9.17, 15) is 13.6 Å². The summed E-state index contributed by atoms with van der Waals surface area (Å²) in [6, 6.07) is 10.0. The van der Waals surface area contributed by atoms with Crippen molar-refractivity contribution in [3.8, 4) is 5.75 Å². The van der Waals surface area contributed by atoms with Crippen LogP contribution in [-0.2, 0) is 6.61 Å². The number of aromatic nitrogens is 3. The Kier molecular flexibility index (Phi) is 3.46. The van der Waals surface area contributed by atoms with Gasteiger partial charge in [-0.1, -0.05) is 23.5 Å². The maximum Gasteiger partial charge on any atom is 0.283 e. The van der Waals surface area contributed by atoms with Gasteiger partial charge in [0.15, 0.2) is 16.6 Å². The SMILES string of the molecule is O=c1c2ccccc2nc2sc(COc3ccc(F)cc3F)nn12. The van der Waals surface area contributed by atoms with Gasteiger partial charge in [0.25, 0.3) is 5.56 Å². The highest BCUT2D eigenvalue weighted by Gasteiger charge is 2.12. The highest BCUT2D eigenvalue weighted by Crippen LogP contribution is 2.21. The summed E-state index contributed by atoms with van der Waals surface area (Å²) in [5, 5.41) is 5.09. The lowest BCUT2D eigenvalue weighted by atomic mass is 10.2. The number of hydrogen-bond acceptors (Lipinski definition) is 5. The second kappa shape index (κ2) is 5.64. The highest BCUT2D eigenvalue weighted by atomic mass is 32.1. The molecule has 8 heteroatoms. The second-order valence-electron chi connectivity index (χ2n) is 4.99. The monoisotopic (exact) mass is 345 g/mol. The molecule has 0 saturated heterocycles. The third-order valence-corrected chi connectivity index (χ3v) is 4.27. The van der Waals surface area contributed by atoms with E-state index in [4.69, 9.17) is 4.74 Å². The minimum Gasteiger partial charge on any atom is -0.483 e. The summed E-state index contributed by atoms with van der Waals surface area (Å²) in [5.41, 5.74) is 0.314. The lowest BCUT2D eigenvalue weighted by Crippen LogP contribution is -2.15. The molecule has 0 aliphatic rings. The molecule has 2 aromatic heterocycles. The number of para-hydroxylation sites is 1. The summed E-state index contributed by atoms with van der Waals surface area (Å²) in [4.78, 5) is 17.2. The van der Waals surface area contributed by atoms with Gasteiger partial charge in [-0.25, -0.2) is 13.8 Å². The molecule has 4 rings (SSSR count). The fraction of sp³-hybridized carbons (Fsp3) is 0.0625. The molecule has 0 N–H and O–H groups in total. The maximum atomic E-state index is 13.6. The first-order valence-electron chi connectivity index (χ1n) is 6.97. The molecule has 24 heavy (non-hydrogen) atoms. The van der Waals surface area contributed by atoms with E-state index < -0.39 is 11.6 Å². The molecule has 2 aromatic carbocycles. The van der Waals surface area contributed by atoms with Crippen molar-refractivity contribution in [3.63, 3.8) is 0 Å². The summed E-state index contributed by atoms with van der Waals surface area (Å²) < 4.78 is 32.9. The third-order valence-electron chi connectivity index (χ3n) is 3.39. The van der Waals surface area contributed by atoms with Crippen molar-refractivity contribution in [2.75, 3.05) is 0 Å². The Balaban J connectivity index is 1.69. The van der Waals surface area contributed by atoms with Gasteiger partial charge >= 0.3 is 0 Å². The smallest absolute Gasteiger partial charge is 0.283 e. The standard InChI is InChI=1S/C16H9F2N3O2S/c17-9-5-6-13(11(18)7-9)23-8-14-20-21-15(22)10-3-1-2-4-12(10)19-16(21)24-14/h1-7H,8H2. The third kappa shape index (κ3) is 2.50. The molecule has 0 spiro atoms. The quantitative estimate of drug-likeness (QED) is 0.572. The van der Waals surface area contributed by atoms with E-state index in [0.29, 0.717) is 20.9 Å². The van der Waals surface area contributed by atoms with E-state index in [0.717, 1.165) is 12.1 Å². The van der Waals surface area contributed by atoms with Gasteiger partial charge in [-0.05, 0) is 24.3 Å². The van der Waals surface area contributed by atoms with Crippen molar-refractivity contribution < 1.29 is 13.5 Å². The van der Waals surface area contributed by atoms with Crippen LogP contribution in [0.15, 0.2) is 47.3 Å². The van der Waals surface area contributed by atoms with Gasteiger partial charge in [-0.2, -0.15) is 9.61 Å². The summed E-state index contributed by atoms with van der Waals surface area (Å²) >= 11 is 1.17. The molecule has 4 aromatic rings. The minimum absolute atomic E-state index is 0.0492. The number of hydrogen-bond donors (Lipinski definition) is 0. The van der Waals surface area contributed by atoms with E-state index in [2.05, 4.69) is 10.1 Å². The molecule has 0 radical (unpaired) electrons. The van der Waals surface area contributed by atoms with E-state index in [1.165, 1.54) is 21.9 Å². The van der Waals surface area contributed by atoms with Crippen LogP contribution in [0.1, 0.15) is 5.01 Å². The molecule has 0 fully saturated rings. The van der Waals surface area contributed by atoms with Crippen LogP contribution in [0.4, 0.5) is 8.78 Å². The number of halogens is 2. The summed E-state index contributed by atoms with van der Waals surface area (Å²) in [6.45, 7) is -0.0492. The predicted molar refractivity (Wildman–Crippen MR) is 85.3 cm³/mol. The Bertz CT molecular complexity index is 1120. The summed E-state index contributed by atoms with van der Waals surface area (Å²) in [5.74, 6) is -1.56. The summed E-state index contributed by atoms with van der Waals surface area (Å²) in [7, 11) is 0. The van der Waals surface area contributed by atoms with Crippen LogP contribution in [0.25, 0.3) is 15.9 Å². The van der Waals surface area contributed by atoms with Crippen molar-refractivity contribution in [2.45, 2.75) is 6.61 Å². The molecule has 0 aliphatic heterocycles. The molecular weight excluding hydrogens is 336 g/mol. The first-order chi connectivity index (χ1) is 11.6. The average Bonchev–Trinajstić information content (AvgIpc) is 2.97. The van der Waals surface area contributed by atoms with Crippen molar-refractivity contribution in [1.29, 1.82) is 0 Å². The summed E-state index contributed by atoms with van der Waals surface area (Å²) in [6.07, 6.45) is 0. The highest BCUT2D eigenvalue weighted by molar-refractivity contribution is 7.16. The molecule has 0 bridgehead atoms. The second-order valence-corrected chi connectivity index (χ2v) is 6.03. The van der Waals surface area contributed by atoms with Crippen LogP contribution >= 0.6 is 11.3 Å². The van der Waals surface area contributed by atoms with Crippen molar-refractivity contribution >= 4 is 27.2 Å². The molecule has 0 saturated carbocycles. The van der Waals surface area contributed by atoms with E-state index >= 15 is 0 Å². The molecule has 120 valence electrons. The van der Waals surface area contributed by atoms with Crippen molar-refractivity contribution in [3.05, 3.63) is 69.5 Å². The van der Waals surface area contributed by atoms with Gasteiger partial charge in [0.2, 0.25) is 4.96 Å².